The highest BCUT2D eigenvalue weighted by Gasteiger charge is 2.19. The van der Waals surface area contributed by atoms with Gasteiger partial charge in [0.1, 0.15) is 5.60 Å². The molecule has 0 heterocycles. The average molecular weight is 288 g/mol. The standard InChI is InChI=1S/C12H24N4O4/c1-12(2,3)20-11(17)16(4)6-8-19-10-9-18-7-5-14-15-13/h5-10H2,1-4H3. The Balaban J connectivity index is 3.50. The van der Waals surface area contributed by atoms with Crippen LogP contribution in [0.2, 0.25) is 0 Å². The maximum absolute atomic E-state index is 11.6. The minimum atomic E-state index is -0.494. The second kappa shape index (κ2) is 10.3. The van der Waals surface area contributed by atoms with Crippen molar-refractivity contribution in [3.05, 3.63) is 10.4 Å². The number of hydrogen-bond acceptors (Lipinski definition) is 5. The smallest absolute Gasteiger partial charge is 0.410 e. The number of carbonyl (C=O) groups excluding carboxylic acids is 1. The fraction of sp³-hybridized carbons (Fsp3) is 0.917. The molecule has 0 fully saturated rings. The number of nitrogens with zero attached hydrogens (tertiary/aromatic N) is 4. The third kappa shape index (κ3) is 11.6. The molecule has 1 amide bonds. The van der Waals surface area contributed by atoms with Gasteiger partial charge in [0.2, 0.25) is 0 Å². The summed E-state index contributed by atoms with van der Waals surface area (Å²) in [6.07, 6.45) is -0.369. The van der Waals surface area contributed by atoms with E-state index in [0.29, 0.717) is 39.5 Å². The fourth-order valence-electron chi connectivity index (χ4n) is 1.10. The van der Waals surface area contributed by atoms with Crippen molar-refractivity contribution in [2.45, 2.75) is 26.4 Å². The van der Waals surface area contributed by atoms with Crippen molar-refractivity contribution in [2.75, 3.05) is 46.6 Å². The molecule has 8 nitrogen and oxygen atoms in total. The van der Waals surface area contributed by atoms with Crippen LogP contribution in [-0.2, 0) is 14.2 Å². The molecule has 0 radical (unpaired) electrons. The summed E-state index contributed by atoms with van der Waals surface area (Å²) in [7, 11) is 1.66. The van der Waals surface area contributed by atoms with Gasteiger partial charge in [-0.2, -0.15) is 0 Å². The molecule has 8 heteroatoms. The van der Waals surface area contributed by atoms with Crippen LogP contribution in [0.5, 0.6) is 0 Å². The SMILES string of the molecule is CN(CCOCCOCCN=[N+]=[N-])C(=O)OC(C)(C)C. The first kappa shape index (κ1) is 18.5. The van der Waals surface area contributed by atoms with Crippen LogP contribution in [0.15, 0.2) is 5.11 Å². The predicted molar refractivity (Wildman–Crippen MR) is 74.5 cm³/mol. The minimum Gasteiger partial charge on any atom is -0.444 e. The van der Waals surface area contributed by atoms with E-state index in [2.05, 4.69) is 10.0 Å². The molecule has 0 bridgehead atoms. The van der Waals surface area contributed by atoms with E-state index in [1.54, 1.807) is 7.05 Å². The first-order valence-corrected chi connectivity index (χ1v) is 6.47. The van der Waals surface area contributed by atoms with Gasteiger partial charge in [-0.25, -0.2) is 4.79 Å². The van der Waals surface area contributed by atoms with Gasteiger partial charge in [0.15, 0.2) is 0 Å². The van der Waals surface area contributed by atoms with E-state index in [1.165, 1.54) is 4.90 Å². The zero-order valence-corrected chi connectivity index (χ0v) is 12.7. The summed E-state index contributed by atoms with van der Waals surface area (Å²) in [5, 5.41) is 3.33. The summed E-state index contributed by atoms with van der Waals surface area (Å²) in [6.45, 7) is 7.89. The van der Waals surface area contributed by atoms with Crippen LogP contribution in [0.3, 0.4) is 0 Å². The van der Waals surface area contributed by atoms with Crippen molar-refractivity contribution in [1.29, 1.82) is 0 Å². The van der Waals surface area contributed by atoms with Crippen molar-refractivity contribution in [1.82, 2.24) is 4.90 Å². The van der Waals surface area contributed by atoms with E-state index >= 15 is 0 Å². The Morgan fingerprint density at radius 1 is 1.20 bits per heavy atom. The lowest BCUT2D eigenvalue weighted by atomic mass is 10.2. The molecule has 0 aliphatic carbocycles. The van der Waals surface area contributed by atoms with Gasteiger partial charge >= 0.3 is 6.09 Å². The van der Waals surface area contributed by atoms with Gasteiger partial charge < -0.3 is 19.1 Å². The lowest BCUT2D eigenvalue weighted by molar-refractivity contribution is 0.0165. The molecule has 0 saturated carbocycles. The first-order chi connectivity index (χ1) is 9.37. The van der Waals surface area contributed by atoms with Crippen molar-refractivity contribution in [2.24, 2.45) is 5.11 Å². The summed E-state index contributed by atoms with van der Waals surface area (Å²) in [6, 6.07) is 0. The molecular formula is C12H24N4O4. The number of hydrogen-bond donors (Lipinski definition) is 0. The van der Waals surface area contributed by atoms with Crippen LogP contribution in [0.25, 0.3) is 10.4 Å². The summed E-state index contributed by atoms with van der Waals surface area (Å²) in [4.78, 5) is 15.7. The van der Waals surface area contributed by atoms with Crippen LogP contribution in [-0.4, -0.2) is 63.2 Å². The van der Waals surface area contributed by atoms with Gasteiger partial charge in [0, 0.05) is 25.0 Å². The molecule has 0 aromatic carbocycles. The van der Waals surface area contributed by atoms with Crippen LogP contribution in [0.1, 0.15) is 20.8 Å². The van der Waals surface area contributed by atoms with Gasteiger partial charge in [-0.3, -0.25) is 0 Å². The van der Waals surface area contributed by atoms with Crippen LogP contribution < -0.4 is 0 Å². The minimum absolute atomic E-state index is 0.317. The van der Waals surface area contributed by atoms with Crippen molar-refractivity contribution in [3.8, 4) is 0 Å². The summed E-state index contributed by atoms with van der Waals surface area (Å²) >= 11 is 0. The van der Waals surface area contributed by atoms with E-state index in [0.717, 1.165) is 0 Å². The summed E-state index contributed by atoms with van der Waals surface area (Å²) in [5.41, 5.74) is 7.55. The molecule has 0 rings (SSSR count). The number of rotatable bonds is 9. The quantitative estimate of drug-likeness (QED) is 0.281. The first-order valence-electron chi connectivity index (χ1n) is 6.47. The molecule has 0 aromatic rings. The third-order valence-electron chi connectivity index (χ3n) is 2.05. The van der Waals surface area contributed by atoms with E-state index < -0.39 is 5.60 Å². The summed E-state index contributed by atoms with van der Waals surface area (Å²) in [5.74, 6) is 0. The van der Waals surface area contributed by atoms with Crippen molar-refractivity contribution >= 4 is 6.09 Å². The normalized spacial score (nSPS) is 10.8. The summed E-state index contributed by atoms with van der Waals surface area (Å²) < 4.78 is 15.7. The van der Waals surface area contributed by atoms with Gasteiger partial charge in [-0.15, -0.1) is 0 Å². The highest BCUT2D eigenvalue weighted by molar-refractivity contribution is 5.67. The van der Waals surface area contributed by atoms with E-state index in [9.17, 15) is 4.79 Å². The molecular weight excluding hydrogens is 264 g/mol. The number of likely N-dealkylation sites (N-methyl/N-ethyl adjacent to an activating group) is 1. The van der Waals surface area contributed by atoms with Gasteiger partial charge in [0.25, 0.3) is 0 Å². The zero-order valence-electron chi connectivity index (χ0n) is 12.7. The van der Waals surface area contributed by atoms with Gasteiger partial charge in [-0.1, -0.05) is 5.11 Å². The Labute approximate surface area is 119 Å². The Kier molecular flexibility index (Phi) is 9.53. The Morgan fingerprint density at radius 2 is 1.80 bits per heavy atom. The maximum atomic E-state index is 11.6. The molecule has 0 atom stereocenters. The predicted octanol–water partition coefficient (Wildman–Crippen LogP) is 2.20. The second-order valence-electron chi connectivity index (χ2n) is 5.08. The average Bonchev–Trinajstić information content (AvgIpc) is 2.34. The fourth-order valence-corrected chi connectivity index (χ4v) is 1.10. The number of carbonyl (C=O) groups is 1. The number of azide groups is 1. The maximum Gasteiger partial charge on any atom is 0.410 e. The third-order valence-corrected chi connectivity index (χ3v) is 2.05. The number of ether oxygens (including phenoxy) is 3. The van der Waals surface area contributed by atoms with Gasteiger partial charge in [0.05, 0.1) is 26.4 Å². The molecule has 0 aliphatic heterocycles. The molecule has 0 aromatic heterocycles. The Hall–Kier alpha value is -1.50. The molecule has 20 heavy (non-hydrogen) atoms. The van der Waals surface area contributed by atoms with Crippen molar-refractivity contribution in [3.63, 3.8) is 0 Å². The Bertz CT molecular complexity index is 324. The van der Waals surface area contributed by atoms with Crippen LogP contribution >= 0.6 is 0 Å². The number of amides is 1. The highest BCUT2D eigenvalue weighted by atomic mass is 16.6. The van der Waals surface area contributed by atoms with E-state index in [-0.39, 0.29) is 6.09 Å². The zero-order chi connectivity index (χ0) is 15.4. The monoisotopic (exact) mass is 288 g/mol. The van der Waals surface area contributed by atoms with Crippen molar-refractivity contribution < 1.29 is 19.0 Å². The lowest BCUT2D eigenvalue weighted by Crippen LogP contribution is -2.36. The highest BCUT2D eigenvalue weighted by Crippen LogP contribution is 2.08. The molecule has 0 spiro atoms. The molecule has 0 unspecified atom stereocenters. The molecule has 116 valence electrons. The van der Waals surface area contributed by atoms with Crippen LogP contribution in [0.4, 0.5) is 4.79 Å². The topological polar surface area (TPSA) is 96.8 Å². The van der Waals surface area contributed by atoms with Crippen LogP contribution in [0, 0.1) is 0 Å². The van der Waals surface area contributed by atoms with E-state index in [1.807, 2.05) is 20.8 Å². The molecule has 0 saturated heterocycles. The second-order valence-corrected chi connectivity index (χ2v) is 5.08. The lowest BCUT2D eigenvalue weighted by Gasteiger charge is -2.24. The molecule has 0 aliphatic rings. The Morgan fingerprint density at radius 3 is 2.35 bits per heavy atom. The van der Waals surface area contributed by atoms with Gasteiger partial charge in [-0.05, 0) is 26.3 Å². The molecule has 0 N–H and O–H groups in total. The van der Waals surface area contributed by atoms with E-state index in [4.69, 9.17) is 19.7 Å². The largest absolute Gasteiger partial charge is 0.444 e.